The number of thioether (sulfide) groups is 1. The van der Waals surface area contributed by atoms with Crippen LogP contribution in [0.25, 0.3) is 32.1 Å². The Balaban J connectivity index is 1.39. The molecule has 2 aromatic heterocycles. The van der Waals surface area contributed by atoms with E-state index < -0.39 is 0 Å². The Morgan fingerprint density at radius 2 is 1.73 bits per heavy atom. The molecule has 6 heteroatoms. The number of thiophene rings is 1. The first-order chi connectivity index (χ1) is 14.8. The number of carbonyl (C=O) groups is 1. The fourth-order valence-electron chi connectivity index (χ4n) is 3.44. The zero-order chi connectivity index (χ0) is 20.3. The molecule has 0 atom stereocenters. The smallest absolute Gasteiger partial charge is 0.234 e. The average Bonchev–Trinajstić information content (AvgIpc) is 3.23. The standard InChI is InChI=1S/C24H17N3OS2/c28-21(27-20-12-6-10-16-9-4-5-11-18(16)20)14-30-24-22-19(17-7-2-1-3-8-17)13-29-23(22)25-15-26-24/h1-13,15H,14H2,(H,27,28). The molecule has 0 unspecified atom stereocenters. The van der Waals surface area contributed by atoms with E-state index in [0.717, 1.165) is 42.8 Å². The second kappa shape index (κ2) is 8.26. The maximum atomic E-state index is 12.7. The second-order valence-corrected chi connectivity index (χ2v) is 8.56. The van der Waals surface area contributed by atoms with Crippen LogP contribution in [0, 0.1) is 0 Å². The molecule has 0 saturated carbocycles. The van der Waals surface area contributed by atoms with Crippen LogP contribution in [0.4, 0.5) is 5.69 Å². The number of hydrogen-bond acceptors (Lipinski definition) is 5. The van der Waals surface area contributed by atoms with Crippen LogP contribution in [0.2, 0.25) is 0 Å². The highest BCUT2D eigenvalue weighted by Gasteiger charge is 2.15. The van der Waals surface area contributed by atoms with Crippen molar-refractivity contribution in [1.29, 1.82) is 0 Å². The van der Waals surface area contributed by atoms with Crippen molar-refractivity contribution in [2.45, 2.75) is 5.03 Å². The lowest BCUT2D eigenvalue weighted by Crippen LogP contribution is -2.14. The third-order valence-electron chi connectivity index (χ3n) is 4.82. The lowest BCUT2D eigenvalue weighted by atomic mass is 10.1. The third-order valence-corrected chi connectivity index (χ3v) is 6.70. The minimum atomic E-state index is -0.0559. The highest BCUT2D eigenvalue weighted by atomic mass is 32.2. The second-order valence-electron chi connectivity index (χ2n) is 6.74. The van der Waals surface area contributed by atoms with Crippen molar-refractivity contribution in [1.82, 2.24) is 9.97 Å². The summed E-state index contributed by atoms with van der Waals surface area (Å²) >= 11 is 3.04. The van der Waals surface area contributed by atoms with Gasteiger partial charge in [-0.1, -0.05) is 78.5 Å². The summed E-state index contributed by atoms with van der Waals surface area (Å²) in [5.41, 5.74) is 3.06. The van der Waals surface area contributed by atoms with Gasteiger partial charge >= 0.3 is 0 Å². The molecule has 0 bridgehead atoms. The van der Waals surface area contributed by atoms with Crippen LogP contribution in [0.3, 0.4) is 0 Å². The van der Waals surface area contributed by atoms with E-state index in [4.69, 9.17) is 0 Å². The number of rotatable bonds is 5. The van der Waals surface area contributed by atoms with Crippen molar-refractivity contribution in [2.75, 3.05) is 11.1 Å². The van der Waals surface area contributed by atoms with Crippen molar-refractivity contribution in [3.05, 3.63) is 84.5 Å². The zero-order valence-electron chi connectivity index (χ0n) is 15.9. The summed E-state index contributed by atoms with van der Waals surface area (Å²) < 4.78 is 0. The van der Waals surface area contributed by atoms with Crippen LogP contribution in [-0.2, 0) is 4.79 Å². The molecule has 0 aliphatic rings. The van der Waals surface area contributed by atoms with E-state index in [0.29, 0.717) is 0 Å². The van der Waals surface area contributed by atoms with E-state index in [9.17, 15) is 4.79 Å². The lowest BCUT2D eigenvalue weighted by Gasteiger charge is -2.09. The molecule has 3 aromatic carbocycles. The van der Waals surface area contributed by atoms with Crippen molar-refractivity contribution >= 4 is 55.7 Å². The number of amides is 1. The quantitative estimate of drug-likeness (QED) is 0.266. The topological polar surface area (TPSA) is 54.9 Å². The van der Waals surface area contributed by atoms with E-state index in [1.54, 1.807) is 17.7 Å². The Morgan fingerprint density at radius 1 is 0.933 bits per heavy atom. The van der Waals surface area contributed by atoms with E-state index in [1.165, 1.54) is 11.8 Å². The van der Waals surface area contributed by atoms with Crippen LogP contribution in [0.15, 0.2) is 89.5 Å². The van der Waals surface area contributed by atoms with Crippen LogP contribution in [-0.4, -0.2) is 21.6 Å². The average molecular weight is 428 g/mol. The predicted molar refractivity (Wildman–Crippen MR) is 126 cm³/mol. The normalized spacial score (nSPS) is 11.1. The molecule has 1 amide bonds. The van der Waals surface area contributed by atoms with Crippen molar-refractivity contribution in [3.63, 3.8) is 0 Å². The van der Waals surface area contributed by atoms with E-state index in [1.807, 2.05) is 60.7 Å². The van der Waals surface area contributed by atoms with Crippen LogP contribution < -0.4 is 5.32 Å². The molecule has 5 aromatic rings. The molecular formula is C24H17N3OS2. The molecule has 2 heterocycles. The number of anilines is 1. The Kier molecular flexibility index (Phi) is 5.17. The highest BCUT2D eigenvalue weighted by Crippen LogP contribution is 2.37. The maximum absolute atomic E-state index is 12.7. The molecule has 5 rings (SSSR count). The lowest BCUT2D eigenvalue weighted by molar-refractivity contribution is -0.113. The van der Waals surface area contributed by atoms with Gasteiger partial charge in [-0.2, -0.15) is 0 Å². The van der Waals surface area contributed by atoms with Crippen molar-refractivity contribution in [2.24, 2.45) is 0 Å². The summed E-state index contributed by atoms with van der Waals surface area (Å²) in [5, 5.41) is 9.12. The fraction of sp³-hybridized carbons (Fsp3) is 0.0417. The van der Waals surface area contributed by atoms with Crippen LogP contribution in [0.5, 0.6) is 0 Å². The van der Waals surface area contributed by atoms with Gasteiger partial charge in [-0.25, -0.2) is 9.97 Å². The number of nitrogens with one attached hydrogen (secondary N) is 1. The van der Waals surface area contributed by atoms with Crippen LogP contribution in [0.1, 0.15) is 0 Å². The Labute approximate surface area is 182 Å². The first-order valence-corrected chi connectivity index (χ1v) is 11.3. The minimum Gasteiger partial charge on any atom is -0.325 e. The van der Waals surface area contributed by atoms with Gasteiger partial charge in [0.05, 0.1) is 11.1 Å². The van der Waals surface area contributed by atoms with Crippen molar-refractivity contribution < 1.29 is 4.79 Å². The van der Waals surface area contributed by atoms with Gasteiger partial charge < -0.3 is 5.32 Å². The molecule has 1 N–H and O–H groups in total. The number of hydrogen-bond donors (Lipinski definition) is 1. The van der Waals surface area contributed by atoms with Gasteiger partial charge in [-0.15, -0.1) is 11.3 Å². The minimum absolute atomic E-state index is 0.0559. The monoisotopic (exact) mass is 427 g/mol. The van der Waals surface area contributed by atoms with Crippen LogP contribution >= 0.6 is 23.1 Å². The van der Waals surface area contributed by atoms with Gasteiger partial charge in [0, 0.05) is 22.0 Å². The number of fused-ring (bicyclic) bond motifs is 2. The Morgan fingerprint density at radius 3 is 2.63 bits per heavy atom. The first-order valence-electron chi connectivity index (χ1n) is 9.47. The summed E-state index contributed by atoms with van der Waals surface area (Å²) in [4.78, 5) is 22.5. The molecule has 0 aliphatic carbocycles. The summed E-state index contributed by atoms with van der Waals surface area (Å²) in [7, 11) is 0. The van der Waals surface area contributed by atoms with Gasteiger partial charge in [-0.05, 0) is 17.0 Å². The summed E-state index contributed by atoms with van der Waals surface area (Å²) in [5.74, 6) is 0.221. The van der Waals surface area contributed by atoms with E-state index in [2.05, 4.69) is 32.8 Å². The maximum Gasteiger partial charge on any atom is 0.234 e. The molecule has 30 heavy (non-hydrogen) atoms. The van der Waals surface area contributed by atoms with E-state index in [-0.39, 0.29) is 11.7 Å². The summed E-state index contributed by atoms with van der Waals surface area (Å²) in [6, 6.07) is 24.2. The zero-order valence-corrected chi connectivity index (χ0v) is 17.5. The number of aromatic nitrogens is 2. The highest BCUT2D eigenvalue weighted by molar-refractivity contribution is 8.00. The Bertz CT molecular complexity index is 1340. The molecule has 0 spiro atoms. The Hall–Kier alpha value is -3.22. The van der Waals surface area contributed by atoms with Crippen molar-refractivity contribution in [3.8, 4) is 11.1 Å². The summed E-state index contributed by atoms with van der Waals surface area (Å²) in [6.07, 6.45) is 1.57. The predicted octanol–water partition coefficient (Wildman–Crippen LogP) is 6.24. The molecular weight excluding hydrogens is 410 g/mol. The largest absolute Gasteiger partial charge is 0.325 e. The SMILES string of the molecule is O=C(CSc1ncnc2scc(-c3ccccc3)c12)Nc1cccc2ccccc12. The summed E-state index contributed by atoms with van der Waals surface area (Å²) in [6.45, 7) is 0. The molecule has 0 radical (unpaired) electrons. The molecule has 4 nitrogen and oxygen atoms in total. The van der Waals surface area contributed by atoms with Gasteiger partial charge in [-0.3, -0.25) is 4.79 Å². The molecule has 0 fully saturated rings. The van der Waals surface area contributed by atoms with Gasteiger partial charge in [0.1, 0.15) is 16.2 Å². The van der Waals surface area contributed by atoms with Gasteiger partial charge in [0.2, 0.25) is 5.91 Å². The number of nitrogens with zero attached hydrogens (tertiary/aromatic N) is 2. The van der Waals surface area contributed by atoms with E-state index >= 15 is 0 Å². The number of benzene rings is 3. The van der Waals surface area contributed by atoms with Gasteiger partial charge in [0.15, 0.2) is 0 Å². The first kappa shape index (κ1) is 18.8. The van der Waals surface area contributed by atoms with Gasteiger partial charge in [0.25, 0.3) is 0 Å². The molecule has 0 saturated heterocycles. The molecule has 146 valence electrons. The third kappa shape index (κ3) is 3.67. The molecule has 0 aliphatic heterocycles. The fourth-order valence-corrected chi connectivity index (χ4v) is 5.24. The number of carbonyl (C=O) groups excluding carboxylic acids is 1.